The van der Waals surface area contributed by atoms with Crippen molar-refractivity contribution in [1.82, 2.24) is 14.9 Å². The second kappa shape index (κ2) is 5.50. The summed E-state index contributed by atoms with van der Waals surface area (Å²) < 4.78 is 5.70. The first-order valence-corrected chi connectivity index (χ1v) is 6.57. The fourth-order valence-electron chi connectivity index (χ4n) is 2.25. The predicted octanol–water partition coefficient (Wildman–Crippen LogP) is 1.37. The molecule has 0 amide bonds. The third kappa shape index (κ3) is 3.00. The van der Waals surface area contributed by atoms with Crippen LogP contribution in [-0.4, -0.2) is 54.3 Å². The van der Waals surface area contributed by atoms with Crippen LogP contribution in [0.2, 0.25) is 0 Å². The number of morpholine rings is 1. The van der Waals surface area contributed by atoms with Gasteiger partial charge in [-0.1, -0.05) is 18.2 Å². The van der Waals surface area contributed by atoms with Crippen LogP contribution >= 0.6 is 0 Å². The molecule has 1 atom stereocenters. The lowest BCUT2D eigenvalue weighted by atomic mass is 10.2. The van der Waals surface area contributed by atoms with E-state index in [2.05, 4.69) is 27.2 Å². The van der Waals surface area contributed by atoms with Gasteiger partial charge >= 0.3 is 0 Å². The van der Waals surface area contributed by atoms with Gasteiger partial charge in [0.2, 0.25) is 5.95 Å². The molecule has 0 aliphatic carbocycles. The highest BCUT2D eigenvalue weighted by atomic mass is 16.5. The summed E-state index contributed by atoms with van der Waals surface area (Å²) in [6.07, 6.45) is 2.05. The van der Waals surface area contributed by atoms with Crippen molar-refractivity contribution >= 4 is 16.9 Å². The van der Waals surface area contributed by atoms with Crippen molar-refractivity contribution in [2.75, 3.05) is 38.6 Å². The average molecular weight is 258 g/mol. The van der Waals surface area contributed by atoms with E-state index in [4.69, 9.17) is 4.74 Å². The molecule has 5 heteroatoms. The van der Waals surface area contributed by atoms with Gasteiger partial charge in [0.05, 0.1) is 18.2 Å². The van der Waals surface area contributed by atoms with Crippen molar-refractivity contribution in [3.05, 3.63) is 30.5 Å². The van der Waals surface area contributed by atoms with Crippen LogP contribution in [0.1, 0.15) is 0 Å². The van der Waals surface area contributed by atoms with Crippen molar-refractivity contribution in [2.24, 2.45) is 0 Å². The van der Waals surface area contributed by atoms with Crippen LogP contribution in [0.3, 0.4) is 0 Å². The van der Waals surface area contributed by atoms with E-state index in [1.165, 1.54) is 0 Å². The Morgan fingerprint density at radius 2 is 2.32 bits per heavy atom. The smallest absolute Gasteiger partial charge is 0.223 e. The molecule has 1 aliphatic heterocycles. The maximum Gasteiger partial charge on any atom is 0.223 e. The highest BCUT2D eigenvalue weighted by Crippen LogP contribution is 2.12. The largest absolute Gasteiger partial charge is 0.374 e. The van der Waals surface area contributed by atoms with E-state index in [1.807, 2.05) is 30.5 Å². The number of ether oxygens (including phenoxy) is 1. The summed E-state index contributed by atoms with van der Waals surface area (Å²) in [6, 6.07) is 7.98. The first-order chi connectivity index (χ1) is 9.31. The maximum atomic E-state index is 5.70. The van der Waals surface area contributed by atoms with Gasteiger partial charge in [-0.25, -0.2) is 9.97 Å². The Bertz CT molecular complexity index is 560. The standard InChI is InChI=1S/C14H18N4O/c1-18-6-7-19-12(10-18)9-16-14-15-8-11-4-2-3-5-13(11)17-14/h2-5,8,12H,6-7,9-10H2,1H3,(H,15,16,17). The van der Waals surface area contributed by atoms with E-state index < -0.39 is 0 Å². The molecule has 1 aliphatic rings. The van der Waals surface area contributed by atoms with Crippen LogP contribution in [0.25, 0.3) is 10.9 Å². The second-order valence-corrected chi connectivity index (χ2v) is 4.89. The molecule has 2 aromatic rings. The van der Waals surface area contributed by atoms with Crippen molar-refractivity contribution in [2.45, 2.75) is 6.10 Å². The Morgan fingerprint density at radius 1 is 1.42 bits per heavy atom. The topological polar surface area (TPSA) is 50.3 Å². The zero-order chi connectivity index (χ0) is 13.1. The van der Waals surface area contributed by atoms with Gasteiger partial charge in [-0.15, -0.1) is 0 Å². The molecule has 0 saturated carbocycles. The minimum atomic E-state index is 0.203. The number of fused-ring (bicyclic) bond motifs is 1. The first kappa shape index (κ1) is 12.3. The maximum absolute atomic E-state index is 5.70. The number of nitrogens with one attached hydrogen (secondary N) is 1. The number of anilines is 1. The summed E-state index contributed by atoms with van der Waals surface area (Å²) in [5, 5.41) is 4.31. The Labute approximate surface area is 112 Å². The molecule has 1 aromatic carbocycles. The summed E-state index contributed by atoms with van der Waals surface area (Å²) in [6.45, 7) is 3.48. The molecule has 1 N–H and O–H groups in total. The highest BCUT2D eigenvalue weighted by molar-refractivity contribution is 5.78. The van der Waals surface area contributed by atoms with Gasteiger partial charge in [-0.3, -0.25) is 0 Å². The predicted molar refractivity (Wildman–Crippen MR) is 75.3 cm³/mol. The monoisotopic (exact) mass is 258 g/mol. The van der Waals surface area contributed by atoms with Crippen LogP contribution in [0.4, 0.5) is 5.95 Å². The minimum Gasteiger partial charge on any atom is -0.374 e. The molecule has 2 heterocycles. The van der Waals surface area contributed by atoms with Crippen LogP contribution < -0.4 is 5.32 Å². The summed E-state index contributed by atoms with van der Waals surface area (Å²) in [4.78, 5) is 11.1. The van der Waals surface area contributed by atoms with Crippen LogP contribution in [0.15, 0.2) is 30.5 Å². The normalized spacial score (nSPS) is 20.6. The molecule has 1 saturated heterocycles. The van der Waals surface area contributed by atoms with E-state index in [0.717, 1.165) is 37.1 Å². The Hall–Kier alpha value is -1.72. The fourth-order valence-corrected chi connectivity index (χ4v) is 2.25. The lowest BCUT2D eigenvalue weighted by Gasteiger charge is -2.30. The Morgan fingerprint density at radius 3 is 3.21 bits per heavy atom. The van der Waals surface area contributed by atoms with E-state index in [-0.39, 0.29) is 6.10 Å². The molecule has 0 radical (unpaired) electrons. The van der Waals surface area contributed by atoms with Gasteiger partial charge in [-0.2, -0.15) is 0 Å². The van der Waals surface area contributed by atoms with Crippen molar-refractivity contribution < 1.29 is 4.74 Å². The quantitative estimate of drug-likeness (QED) is 0.901. The van der Waals surface area contributed by atoms with Gasteiger partial charge in [0, 0.05) is 31.2 Å². The second-order valence-electron chi connectivity index (χ2n) is 4.89. The number of likely N-dealkylation sites (N-methyl/N-ethyl adjacent to an activating group) is 1. The highest BCUT2D eigenvalue weighted by Gasteiger charge is 2.17. The Balaban J connectivity index is 1.64. The van der Waals surface area contributed by atoms with Gasteiger partial charge in [0.15, 0.2) is 0 Å². The zero-order valence-electron chi connectivity index (χ0n) is 11.0. The molecule has 1 aromatic heterocycles. The molecule has 5 nitrogen and oxygen atoms in total. The summed E-state index contributed by atoms with van der Waals surface area (Å²) in [5.74, 6) is 0.663. The van der Waals surface area contributed by atoms with Gasteiger partial charge in [0.25, 0.3) is 0 Å². The minimum absolute atomic E-state index is 0.203. The number of hydrogen-bond donors (Lipinski definition) is 1. The molecular weight excluding hydrogens is 240 g/mol. The van der Waals surface area contributed by atoms with Gasteiger partial charge < -0.3 is 15.0 Å². The lowest BCUT2D eigenvalue weighted by Crippen LogP contribution is -2.43. The van der Waals surface area contributed by atoms with E-state index in [1.54, 1.807) is 0 Å². The Kier molecular flexibility index (Phi) is 3.57. The van der Waals surface area contributed by atoms with Crippen molar-refractivity contribution in [1.29, 1.82) is 0 Å². The third-order valence-corrected chi connectivity index (χ3v) is 3.32. The SMILES string of the molecule is CN1CCOC(CNc2ncc3ccccc3n2)C1. The number of nitrogens with zero attached hydrogens (tertiary/aromatic N) is 3. The molecular formula is C14H18N4O. The van der Waals surface area contributed by atoms with Crippen molar-refractivity contribution in [3.63, 3.8) is 0 Å². The number of aromatic nitrogens is 2. The number of benzene rings is 1. The lowest BCUT2D eigenvalue weighted by molar-refractivity contribution is -0.0117. The number of para-hydroxylation sites is 1. The fraction of sp³-hybridized carbons (Fsp3) is 0.429. The zero-order valence-corrected chi connectivity index (χ0v) is 11.0. The number of rotatable bonds is 3. The van der Waals surface area contributed by atoms with Crippen LogP contribution in [0.5, 0.6) is 0 Å². The molecule has 100 valence electrons. The summed E-state index contributed by atoms with van der Waals surface area (Å²) >= 11 is 0. The molecule has 0 spiro atoms. The third-order valence-electron chi connectivity index (χ3n) is 3.32. The summed E-state index contributed by atoms with van der Waals surface area (Å²) in [5.41, 5.74) is 0.960. The molecule has 1 fully saturated rings. The van der Waals surface area contributed by atoms with Gasteiger partial charge in [-0.05, 0) is 13.1 Å². The molecule has 19 heavy (non-hydrogen) atoms. The summed E-state index contributed by atoms with van der Waals surface area (Å²) in [7, 11) is 2.11. The first-order valence-electron chi connectivity index (χ1n) is 6.57. The van der Waals surface area contributed by atoms with Crippen LogP contribution in [0, 0.1) is 0 Å². The molecule has 0 bridgehead atoms. The molecule has 1 unspecified atom stereocenters. The number of hydrogen-bond acceptors (Lipinski definition) is 5. The molecule has 3 rings (SSSR count). The van der Waals surface area contributed by atoms with Crippen LogP contribution in [-0.2, 0) is 4.74 Å². The van der Waals surface area contributed by atoms with E-state index in [0.29, 0.717) is 5.95 Å². The average Bonchev–Trinajstić information content (AvgIpc) is 2.45. The van der Waals surface area contributed by atoms with Gasteiger partial charge in [0.1, 0.15) is 0 Å². The van der Waals surface area contributed by atoms with E-state index in [9.17, 15) is 0 Å². The van der Waals surface area contributed by atoms with E-state index >= 15 is 0 Å². The van der Waals surface area contributed by atoms with Crippen molar-refractivity contribution in [3.8, 4) is 0 Å².